The van der Waals surface area contributed by atoms with Crippen molar-refractivity contribution in [3.8, 4) is 0 Å². The first-order valence-corrected chi connectivity index (χ1v) is 12.7. The lowest BCUT2D eigenvalue weighted by Gasteiger charge is -2.21. The van der Waals surface area contributed by atoms with Crippen LogP contribution in [0.3, 0.4) is 0 Å². The number of hydrogen-bond acceptors (Lipinski definition) is 7. The number of hydrogen-bond donors (Lipinski definition) is 1. The summed E-state index contributed by atoms with van der Waals surface area (Å²) in [6, 6.07) is 4.36. The fourth-order valence-corrected chi connectivity index (χ4v) is 6.34. The van der Waals surface area contributed by atoms with Crippen molar-refractivity contribution in [2.24, 2.45) is 0 Å². The van der Waals surface area contributed by atoms with Crippen molar-refractivity contribution in [1.29, 1.82) is 0 Å². The average Bonchev–Trinajstić information content (AvgIpc) is 3.51. The number of aromatic nitrogens is 1. The van der Waals surface area contributed by atoms with E-state index in [0.29, 0.717) is 10.4 Å². The van der Waals surface area contributed by atoms with E-state index in [9.17, 15) is 27.9 Å². The van der Waals surface area contributed by atoms with Gasteiger partial charge in [0.2, 0.25) is 5.78 Å². The van der Waals surface area contributed by atoms with Gasteiger partial charge in [0.15, 0.2) is 21.0 Å². The molecule has 0 bridgehead atoms. The Hall–Kier alpha value is -2.82. The standard InChI is InChI=1S/C21H17NO6S3/c1-2-7-31(27,28)15-9-17-21(20(25)26,4-5-22(17)10-15)19(24)14-8-16(30-12-14)18(23)13-3-6-29-11-13/h2-3,6,8-12H,1,4-5,7H2,(H,25,26). The minimum absolute atomic E-state index is 0.00193. The molecule has 4 heterocycles. The van der Waals surface area contributed by atoms with Gasteiger partial charge in [0.05, 0.1) is 15.5 Å². The van der Waals surface area contributed by atoms with Crippen molar-refractivity contribution in [2.45, 2.75) is 23.3 Å². The van der Waals surface area contributed by atoms with Crippen molar-refractivity contribution >= 4 is 50.0 Å². The van der Waals surface area contributed by atoms with Crippen molar-refractivity contribution in [3.63, 3.8) is 0 Å². The molecule has 3 aromatic rings. The lowest BCUT2D eigenvalue weighted by molar-refractivity contribution is -0.141. The molecule has 0 amide bonds. The van der Waals surface area contributed by atoms with Gasteiger partial charge in [-0.2, -0.15) is 11.3 Å². The van der Waals surface area contributed by atoms with Gasteiger partial charge in [0, 0.05) is 40.3 Å². The van der Waals surface area contributed by atoms with Crippen LogP contribution in [0, 0.1) is 0 Å². The summed E-state index contributed by atoms with van der Waals surface area (Å²) in [4.78, 5) is 38.6. The van der Waals surface area contributed by atoms with Gasteiger partial charge in [-0.05, 0) is 30.0 Å². The monoisotopic (exact) mass is 475 g/mol. The molecule has 1 aliphatic heterocycles. The number of sulfone groups is 1. The van der Waals surface area contributed by atoms with Crippen LogP contribution in [0.25, 0.3) is 0 Å². The summed E-state index contributed by atoms with van der Waals surface area (Å²) in [5, 5.41) is 15.0. The van der Waals surface area contributed by atoms with Crippen LogP contribution < -0.4 is 0 Å². The van der Waals surface area contributed by atoms with Crippen LogP contribution in [-0.2, 0) is 26.6 Å². The zero-order valence-electron chi connectivity index (χ0n) is 16.1. The van der Waals surface area contributed by atoms with Crippen molar-refractivity contribution in [1.82, 2.24) is 4.57 Å². The number of carbonyl (C=O) groups is 3. The molecular formula is C21H17NO6S3. The van der Waals surface area contributed by atoms with Crippen molar-refractivity contribution in [3.05, 3.63) is 74.9 Å². The van der Waals surface area contributed by atoms with Gasteiger partial charge in [-0.15, -0.1) is 17.9 Å². The minimum atomic E-state index is -3.67. The van der Waals surface area contributed by atoms with Crippen LogP contribution in [0.5, 0.6) is 0 Å². The average molecular weight is 476 g/mol. The van der Waals surface area contributed by atoms with E-state index < -0.39 is 27.0 Å². The van der Waals surface area contributed by atoms with Gasteiger partial charge >= 0.3 is 5.97 Å². The summed E-state index contributed by atoms with van der Waals surface area (Å²) in [7, 11) is -3.67. The molecular weight excluding hydrogens is 458 g/mol. The van der Waals surface area contributed by atoms with E-state index in [2.05, 4.69) is 6.58 Å². The Morgan fingerprint density at radius 2 is 2.00 bits per heavy atom. The molecule has 160 valence electrons. The van der Waals surface area contributed by atoms with E-state index in [4.69, 9.17) is 0 Å². The fourth-order valence-electron chi connectivity index (χ4n) is 3.77. The second-order valence-electron chi connectivity index (χ2n) is 7.15. The number of nitrogens with zero attached hydrogens (tertiary/aromatic N) is 1. The maximum atomic E-state index is 13.4. The molecule has 3 aromatic heterocycles. The first-order valence-electron chi connectivity index (χ1n) is 9.18. The van der Waals surface area contributed by atoms with Crippen LogP contribution >= 0.6 is 22.7 Å². The smallest absolute Gasteiger partial charge is 0.323 e. The number of ketones is 2. The first kappa shape index (κ1) is 21.4. The summed E-state index contributed by atoms with van der Waals surface area (Å²) < 4.78 is 26.3. The summed E-state index contributed by atoms with van der Waals surface area (Å²) in [6.07, 6.45) is 2.62. The molecule has 1 atom stereocenters. The third kappa shape index (κ3) is 3.40. The minimum Gasteiger partial charge on any atom is -0.480 e. The highest BCUT2D eigenvalue weighted by Gasteiger charge is 2.53. The molecule has 4 rings (SSSR count). The van der Waals surface area contributed by atoms with Gasteiger partial charge in [0.1, 0.15) is 0 Å². The van der Waals surface area contributed by atoms with E-state index in [1.165, 1.54) is 45.7 Å². The highest BCUT2D eigenvalue weighted by atomic mass is 32.2. The molecule has 10 heteroatoms. The molecule has 31 heavy (non-hydrogen) atoms. The van der Waals surface area contributed by atoms with Crippen LogP contribution in [0.4, 0.5) is 0 Å². The second kappa shape index (κ2) is 7.70. The fraction of sp³-hybridized carbons (Fsp3) is 0.190. The number of carbonyl (C=O) groups excluding carboxylic acids is 2. The van der Waals surface area contributed by atoms with Gasteiger partial charge in [0.25, 0.3) is 0 Å². The number of thiophene rings is 2. The first-order chi connectivity index (χ1) is 14.7. The largest absolute Gasteiger partial charge is 0.480 e. The maximum absolute atomic E-state index is 13.4. The quantitative estimate of drug-likeness (QED) is 0.304. The number of carboxylic acids is 1. The Balaban J connectivity index is 1.74. The lowest BCUT2D eigenvalue weighted by Crippen LogP contribution is -2.42. The Labute approximate surface area is 186 Å². The third-order valence-corrected chi connectivity index (χ3v) is 8.58. The predicted molar refractivity (Wildman–Crippen MR) is 117 cm³/mol. The Kier molecular flexibility index (Phi) is 5.32. The van der Waals surface area contributed by atoms with E-state index in [0.717, 1.165) is 11.3 Å². The van der Waals surface area contributed by atoms with Crippen LogP contribution in [0.15, 0.2) is 58.1 Å². The molecule has 0 fully saturated rings. The summed E-state index contributed by atoms with van der Waals surface area (Å²) in [6.45, 7) is 3.63. The topological polar surface area (TPSA) is 111 Å². The highest BCUT2D eigenvalue weighted by molar-refractivity contribution is 7.91. The van der Waals surface area contributed by atoms with Gasteiger partial charge < -0.3 is 9.67 Å². The van der Waals surface area contributed by atoms with Gasteiger partial charge in [-0.25, -0.2) is 8.42 Å². The predicted octanol–water partition coefficient (Wildman–Crippen LogP) is 3.41. The Bertz CT molecular complexity index is 1310. The highest BCUT2D eigenvalue weighted by Crippen LogP contribution is 2.41. The van der Waals surface area contributed by atoms with E-state index >= 15 is 0 Å². The van der Waals surface area contributed by atoms with Crippen molar-refractivity contribution < 1.29 is 27.9 Å². The number of carboxylic acid groups (broad SMARTS) is 1. The number of aliphatic carboxylic acids is 1. The van der Waals surface area contributed by atoms with E-state index in [1.54, 1.807) is 16.8 Å². The summed E-state index contributed by atoms with van der Waals surface area (Å²) >= 11 is 2.46. The number of Topliss-reactive ketones (excluding diaryl/α,β-unsaturated/α-hetero) is 1. The van der Waals surface area contributed by atoms with Gasteiger partial charge in [-0.1, -0.05) is 6.08 Å². The molecule has 0 radical (unpaired) electrons. The van der Waals surface area contributed by atoms with Crippen LogP contribution in [0.1, 0.15) is 37.7 Å². The second-order valence-corrected chi connectivity index (χ2v) is 10.9. The molecule has 0 aromatic carbocycles. The molecule has 0 spiro atoms. The van der Waals surface area contributed by atoms with Crippen molar-refractivity contribution in [2.75, 3.05) is 5.75 Å². The number of aryl methyl sites for hydroxylation is 1. The Morgan fingerprint density at radius 3 is 2.65 bits per heavy atom. The van der Waals surface area contributed by atoms with E-state index in [1.807, 2.05) is 0 Å². The molecule has 0 saturated carbocycles. The zero-order valence-corrected chi connectivity index (χ0v) is 18.6. The Morgan fingerprint density at radius 1 is 1.23 bits per heavy atom. The number of rotatable bonds is 8. The normalized spacial score (nSPS) is 17.9. The zero-order chi connectivity index (χ0) is 22.4. The third-order valence-electron chi connectivity index (χ3n) is 5.35. The molecule has 1 aliphatic rings. The summed E-state index contributed by atoms with van der Waals surface area (Å²) in [5.41, 5.74) is -1.16. The molecule has 1 N–H and O–H groups in total. The molecule has 0 saturated heterocycles. The molecule has 7 nitrogen and oxygen atoms in total. The number of fused-ring (bicyclic) bond motifs is 1. The van der Waals surface area contributed by atoms with Crippen LogP contribution in [-0.4, -0.2) is 41.4 Å². The molecule has 1 unspecified atom stereocenters. The van der Waals surface area contributed by atoms with Crippen LogP contribution in [0.2, 0.25) is 0 Å². The summed E-state index contributed by atoms with van der Waals surface area (Å²) in [5.74, 6) is -2.53. The van der Waals surface area contributed by atoms with Gasteiger partial charge in [-0.3, -0.25) is 14.4 Å². The maximum Gasteiger partial charge on any atom is 0.323 e. The van der Waals surface area contributed by atoms with E-state index in [-0.39, 0.29) is 40.7 Å². The molecule has 0 aliphatic carbocycles. The SMILES string of the molecule is C=CCS(=O)(=O)c1cc2n(c1)CCC2(C(=O)O)C(=O)c1csc(C(=O)c2ccsc2)c1. The lowest BCUT2D eigenvalue weighted by atomic mass is 9.77.